The molecule has 4 nitrogen and oxygen atoms in total. The Morgan fingerprint density at radius 2 is 1.71 bits per heavy atom. The Balaban J connectivity index is 2.06. The van der Waals surface area contributed by atoms with E-state index in [2.05, 4.69) is 5.32 Å². The summed E-state index contributed by atoms with van der Waals surface area (Å²) in [6.45, 7) is 3.59. The smallest absolute Gasteiger partial charge is 0.306 e. The number of carbonyl (C=O) groups excluding carboxylic acids is 2. The van der Waals surface area contributed by atoms with Crippen LogP contribution in [-0.4, -0.2) is 18.0 Å². The van der Waals surface area contributed by atoms with Crippen LogP contribution in [0.1, 0.15) is 33.1 Å². The molecule has 0 unspecified atom stereocenters. The van der Waals surface area contributed by atoms with E-state index in [9.17, 15) is 9.59 Å². The summed E-state index contributed by atoms with van der Waals surface area (Å²) in [7, 11) is 0. The third-order valence-corrected chi connectivity index (χ3v) is 3.68. The molecule has 0 aliphatic carbocycles. The first-order chi connectivity index (χ1) is 11.6. The van der Waals surface area contributed by atoms with Gasteiger partial charge in [0.05, 0.1) is 0 Å². The van der Waals surface area contributed by atoms with Crippen LogP contribution in [0.5, 0.6) is 0 Å². The second kappa shape index (κ2) is 8.87. The highest BCUT2D eigenvalue weighted by atomic mass is 16.5. The third kappa shape index (κ3) is 4.95. The van der Waals surface area contributed by atoms with Gasteiger partial charge in [-0.15, -0.1) is 0 Å². The highest BCUT2D eigenvalue weighted by Gasteiger charge is 2.18. The second-order valence-electron chi connectivity index (χ2n) is 5.64. The first-order valence-electron chi connectivity index (χ1n) is 8.26. The van der Waals surface area contributed by atoms with Crippen molar-refractivity contribution in [2.24, 2.45) is 0 Å². The Morgan fingerprint density at radius 1 is 1.04 bits per heavy atom. The van der Waals surface area contributed by atoms with Gasteiger partial charge in [-0.05, 0) is 25.0 Å². The summed E-state index contributed by atoms with van der Waals surface area (Å²) in [4.78, 5) is 24.0. The van der Waals surface area contributed by atoms with Crippen molar-refractivity contribution in [3.05, 3.63) is 54.6 Å². The molecule has 0 aliphatic heterocycles. The van der Waals surface area contributed by atoms with Gasteiger partial charge < -0.3 is 10.1 Å². The molecule has 0 fully saturated rings. The van der Waals surface area contributed by atoms with E-state index in [1.54, 1.807) is 6.92 Å². The van der Waals surface area contributed by atoms with Crippen LogP contribution in [0.3, 0.4) is 0 Å². The number of ether oxygens (including phenoxy) is 1. The van der Waals surface area contributed by atoms with Gasteiger partial charge in [-0.25, -0.2) is 0 Å². The summed E-state index contributed by atoms with van der Waals surface area (Å²) < 4.78 is 5.18. The number of anilines is 1. The van der Waals surface area contributed by atoms with Crippen molar-refractivity contribution in [1.29, 1.82) is 0 Å². The average Bonchev–Trinajstić information content (AvgIpc) is 2.61. The molecule has 126 valence electrons. The van der Waals surface area contributed by atoms with Crippen LogP contribution in [0.25, 0.3) is 11.1 Å². The first-order valence-corrected chi connectivity index (χ1v) is 8.26. The minimum Gasteiger partial charge on any atom is -0.453 e. The van der Waals surface area contributed by atoms with Crippen LogP contribution in [0.15, 0.2) is 54.6 Å². The molecule has 1 atom stereocenters. The maximum Gasteiger partial charge on any atom is 0.306 e. The zero-order chi connectivity index (χ0) is 17.4. The van der Waals surface area contributed by atoms with Crippen LogP contribution in [0, 0.1) is 0 Å². The molecular formula is C20H23NO3. The number of benzene rings is 2. The van der Waals surface area contributed by atoms with Crippen molar-refractivity contribution in [2.75, 3.05) is 5.32 Å². The number of carbonyl (C=O) groups is 2. The van der Waals surface area contributed by atoms with Crippen molar-refractivity contribution in [3.63, 3.8) is 0 Å². The fraction of sp³-hybridized carbons (Fsp3) is 0.300. The molecule has 2 rings (SSSR count). The normalized spacial score (nSPS) is 11.6. The molecule has 0 bridgehead atoms. The number of hydrogen-bond acceptors (Lipinski definition) is 3. The standard InChI is InChI=1S/C20H23NO3/c1-3-4-14-19(22)24-15(2)20(23)21-18-13-9-8-12-17(18)16-10-6-5-7-11-16/h5-13,15H,3-4,14H2,1-2H3,(H,21,23)/t15-/m1/s1. The summed E-state index contributed by atoms with van der Waals surface area (Å²) >= 11 is 0. The van der Waals surface area contributed by atoms with Gasteiger partial charge in [0, 0.05) is 17.7 Å². The van der Waals surface area contributed by atoms with Gasteiger partial charge in [0.25, 0.3) is 5.91 Å². The van der Waals surface area contributed by atoms with Crippen molar-refractivity contribution in [2.45, 2.75) is 39.2 Å². The summed E-state index contributed by atoms with van der Waals surface area (Å²) in [6, 6.07) is 17.4. The largest absolute Gasteiger partial charge is 0.453 e. The van der Waals surface area contributed by atoms with E-state index in [4.69, 9.17) is 4.74 Å². The van der Waals surface area contributed by atoms with Crippen molar-refractivity contribution in [1.82, 2.24) is 0 Å². The van der Waals surface area contributed by atoms with E-state index in [0.29, 0.717) is 12.1 Å². The first kappa shape index (κ1) is 17.7. The van der Waals surface area contributed by atoms with E-state index in [1.807, 2.05) is 61.5 Å². The zero-order valence-electron chi connectivity index (χ0n) is 14.1. The Hall–Kier alpha value is -2.62. The van der Waals surface area contributed by atoms with E-state index in [-0.39, 0.29) is 11.9 Å². The monoisotopic (exact) mass is 325 g/mol. The van der Waals surface area contributed by atoms with Gasteiger partial charge in [0.1, 0.15) is 0 Å². The van der Waals surface area contributed by atoms with Gasteiger partial charge in [-0.2, -0.15) is 0 Å². The number of hydrogen-bond donors (Lipinski definition) is 1. The van der Waals surface area contributed by atoms with Crippen molar-refractivity contribution >= 4 is 17.6 Å². The Bertz CT molecular complexity index is 682. The summed E-state index contributed by atoms with van der Waals surface area (Å²) in [6.07, 6.45) is 1.21. The molecule has 0 radical (unpaired) electrons. The molecule has 0 saturated heterocycles. The predicted molar refractivity (Wildman–Crippen MR) is 95.6 cm³/mol. The highest BCUT2D eigenvalue weighted by Crippen LogP contribution is 2.27. The molecule has 0 saturated carbocycles. The third-order valence-electron chi connectivity index (χ3n) is 3.68. The quantitative estimate of drug-likeness (QED) is 0.767. The topological polar surface area (TPSA) is 55.4 Å². The zero-order valence-corrected chi connectivity index (χ0v) is 14.1. The lowest BCUT2D eigenvalue weighted by molar-refractivity contribution is -0.153. The molecule has 0 heterocycles. The van der Waals surface area contributed by atoms with Crippen LogP contribution in [0.2, 0.25) is 0 Å². The SMILES string of the molecule is CCCCC(=O)O[C@H](C)C(=O)Nc1ccccc1-c1ccccc1. The van der Waals surface area contributed by atoms with Gasteiger partial charge >= 0.3 is 5.97 Å². The fourth-order valence-corrected chi connectivity index (χ4v) is 2.33. The Labute approximate surface area is 142 Å². The maximum atomic E-state index is 12.3. The number of esters is 1. The Morgan fingerprint density at radius 3 is 2.42 bits per heavy atom. The molecule has 2 aromatic carbocycles. The van der Waals surface area contributed by atoms with E-state index in [1.165, 1.54) is 0 Å². The average molecular weight is 325 g/mol. The van der Waals surface area contributed by atoms with Gasteiger partial charge in [0.2, 0.25) is 0 Å². The molecular weight excluding hydrogens is 302 g/mol. The van der Waals surface area contributed by atoms with Crippen molar-refractivity contribution in [3.8, 4) is 11.1 Å². The lowest BCUT2D eigenvalue weighted by atomic mass is 10.0. The molecule has 0 aromatic heterocycles. The lowest BCUT2D eigenvalue weighted by Crippen LogP contribution is -2.30. The number of rotatable bonds is 7. The number of amides is 1. The van der Waals surface area contributed by atoms with Crippen molar-refractivity contribution < 1.29 is 14.3 Å². The molecule has 1 N–H and O–H groups in total. The van der Waals surface area contributed by atoms with Crippen LogP contribution >= 0.6 is 0 Å². The maximum absolute atomic E-state index is 12.3. The molecule has 2 aromatic rings. The fourth-order valence-electron chi connectivity index (χ4n) is 2.33. The Kier molecular flexibility index (Phi) is 6.55. The van der Waals surface area contributed by atoms with E-state index >= 15 is 0 Å². The highest BCUT2D eigenvalue weighted by molar-refractivity contribution is 5.98. The number of para-hydroxylation sites is 1. The molecule has 4 heteroatoms. The van der Waals surface area contributed by atoms with Gasteiger partial charge in [0.15, 0.2) is 6.10 Å². The number of unbranched alkanes of at least 4 members (excludes halogenated alkanes) is 1. The predicted octanol–water partition coefficient (Wildman–Crippen LogP) is 4.41. The minimum atomic E-state index is -0.821. The van der Waals surface area contributed by atoms with Gasteiger partial charge in [-0.3, -0.25) is 9.59 Å². The summed E-state index contributed by atoms with van der Waals surface area (Å²) in [5.41, 5.74) is 2.64. The second-order valence-corrected chi connectivity index (χ2v) is 5.64. The van der Waals surface area contributed by atoms with E-state index in [0.717, 1.165) is 24.0 Å². The molecule has 0 spiro atoms. The van der Waals surface area contributed by atoms with Crippen LogP contribution < -0.4 is 5.32 Å². The summed E-state index contributed by atoms with van der Waals surface area (Å²) in [5.74, 6) is -0.668. The molecule has 0 aliphatic rings. The van der Waals surface area contributed by atoms with Gasteiger partial charge in [-0.1, -0.05) is 61.9 Å². The lowest BCUT2D eigenvalue weighted by Gasteiger charge is -2.15. The number of nitrogens with one attached hydrogen (secondary N) is 1. The summed E-state index contributed by atoms with van der Waals surface area (Å²) in [5, 5.41) is 2.85. The molecule has 1 amide bonds. The van der Waals surface area contributed by atoms with E-state index < -0.39 is 6.10 Å². The van der Waals surface area contributed by atoms with Crippen LogP contribution in [-0.2, 0) is 14.3 Å². The van der Waals surface area contributed by atoms with Crippen LogP contribution in [0.4, 0.5) is 5.69 Å². The minimum absolute atomic E-state index is 0.330. The molecule has 24 heavy (non-hydrogen) atoms.